The van der Waals surface area contributed by atoms with Crippen molar-refractivity contribution in [3.8, 4) is 5.75 Å². The van der Waals surface area contributed by atoms with Gasteiger partial charge in [0, 0.05) is 0 Å². The molecule has 0 spiro atoms. The molecule has 1 aromatic carbocycles. The highest BCUT2D eigenvalue weighted by molar-refractivity contribution is 6.55. The molecular weight excluding hydrogens is 211 g/mol. The van der Waals surface area contributed by atoms with E-state index < -0.39 is 14.5 Å². The summed E-state index contributed by atoms with van der Waals surface area (Å²) >= 11 is -1.16. The van der Waals surface area contributed by atoms with Crippen LogP contribution in [0.25, 0.3) is 0 Å². The SMILES string of the molecule is Cc1cccc(C)c1[O][Al]([CH](C)C)[CH](C)C. The summed E-state index contributed by atoms with van der Waals surface area (Å²) in [4.78, 5) is 0. The first-order valence-corrected chi connectivity index (χ1v) is 7.96. The average Bonchev–Trinajstić information content (AvgIpc) is 2.15. The summed E-state index contributed by atoms with van der Waals surface area (Å²) in [5.74, 6) is 1.13. The molecular formula is C14H23AlO. The Balaban J connectivity index is 2.94. The Labute approximate surface area is 105 Å². The Morgan fingerprint density at radius 3 is 1.75 bits per heavy atom. The predicted octanol–water partition coefficient (Wildman–Crippen LogP) is 4.49. The van der Waals surface area contributed by atoms with Gasteiger partial charge in [-0.2, -0.15) is 0 Å². The van der Waals surface area contributed by atoms with E-state index in [-0.39, 0.29) is 0 Å². The van der Waals surface area contributed by atoms with Crippen LogP contribution in [0.15, 0.2) is 18.2 Å². The smallest absolute Gasteiger partial charge is 0.552 e. The van der Waals surface area contributed by atoms with Gasteiger partial charge < -0.3 is 3.79 Å². The van der Waals surface area contributed by atoms with E-state index in [2.05, 4.69) is 59.7 Å². The Kier molecular flexibility index (Phi) is 4.90. The summed E-state index contributed by atoms with van der Waals surface area (Å²) in [7, 11) is 0. The average molecular weight is 234 g/mol. The first kappa shape index (κ1) is 13.6. The van der Waals surface area contributed by atoms with E-state index in [4.69, 9.17) is 3.79 Å². The zero-order chi connectivity index (χ0) is 12.3. The van der Waals surface area contributed by atoms with Gasteiger partial charge in [-0.05, 0) is 34.5 Å². The van der Waals surface area contributed by atoms with E-state index >= 15 is 0 Å². The van der Waals surface area contributed by atoms with Crippen molar-refractivity contribution >= 4 is 14.5 Å². The van der Waals surface area contributed by atoms with Crippen molar-refractivity contribution in [2.45, 2.75) is 51.1 Å². The van der Waals surface area contributed by atoms with Gasteiger partial charge in [-0.15, -0.1) is 0 Å². The third-order valence-electron chi connectivity index (χ3n) is 2.98. The molecule has 0 aliphatic carbocycles. The van der Waals surface area contributed by atoms with Crippen LogP contribution in [-0.4, -0.2) is 14.5 Å². The van der Waals surface area contributed by atoms with E-state index in [0.717, 1.165) is 5.75 Å². The lowest BCUT2D eigenvalue weighted by Crippen LogP contribution is -2.29. The lowest BCUT2D eigenvalue weighted by atomic mass is 10.1. The molecule has 0 saturated carbocycles. The van der Waals surface area contributed by atoms with Gasteiger partial charge >= 0.3 is 14.5 Å². The van der Waals surface area contributed by atoms with Crippen molar-refractivity contribution in [2.24, 2.45) is 0 Å². The van der Waals surface area contributed by atoms with Crippen LogP contribution >= 0.6 is 0 Å². The van der Waals surface area contributed by atoms with Crippen LogP contribution in [0.3, 0.4) is 0 Å². The van der Waals surface area contributed by atoms with E-state index in [1.807, 2.05) is 0 Å². The van der Waals surface area contributed by atoms with Crippen molar-refractivity contribution in [1.82, 2.24) is 0 Å². The van der Waals surface area contributed by atoms with Crippen molar-refractivity contribution in [1.29, 1.82) is 0 Å². The summed E-state index contributed by atoms with van der Waals surface area (Å²) in [5.41, 5.74) is 2.53. The minimum atomic E-state index is -1.16. The largest absolute Gasteiger partial charge is 0.642 e. The lowest BCUT2D eigenvalue weighted by molar-refractivity contribution is 0.528. The Bertz CT molecular complexity index is 316. The summed E-state index contributed by atoms with van der Waals surface area (Å²) in [5, 5.41) is 0. The highest BCUT2D eigenvalue weighted by Crippen LogP contribution is 2.28. The summed E-state index contributed by atoms with van der Waals surface area (Å²) in [6, 6.07) is 6.36. The fourth-order valence-electron chi connectivity index (χ4n) is 2.16. The second-order valence-corrected chi connectivity index (χ2v) is 9.12. The maximum Gasteiger partial charge on any atom is 0.552 e. The molecule has 0 aliphatic heterocycles. The molecule has 0 bridgehead atoms. The summed E-state index contributed by atoms with van der Waals surface area (Å²) in [6.07, 6.45) is 0. The maximum atomic E-state index is 6.34. The molecule has 0 saturated heterocycles. The third-order valence-corrected chi connectivity index (χ3v) is 6.11. The maximum absolute atomic E-state index is 6.34. The predicted molar refractivity (Wildman–Crippen MR) is 72.5 cm³/mol. The Morgan fingerprint density at radius 2 is 1.38 bits per heavy atom. The van der Waals surface area contributed by atoms with Gasteiger partial charge in [-0.3, -0.25) is 0 Å². The van der Waals surface area contributed by atoms with Gasteiger partial charge in [0.1, 0.15) is 0 Å². The van der Waals surface area contributed by atoms with E-state index in [0.29, 0.717) is 9.56 Å². The fraction of sp³-hybridized carbons (Fsp3) is 0.571. The van der Waals surface area contributed by atoms with Crippen molar-refractivity contribution < 1.29 is 3.79 Å². The molecule has 88 valence electrons. The van der Waals surface area contributed by atoms with Gasteiger partial charge in [0.05, 0.1) is 5.75 Å². The van der Waals surface area contributed by atoms with Gasteiger partial charge in [-0.1, -0.05) is 45.9 Å². The van der Waals surface area contributed by atoms with E-state index in [1.165, 1.54) is 11.1 Å². The molecule has 0 N–H and O–H groups in total. The first-order chi connectivity index (χ1) is 7.43. The molecule has 0 atom stereocenters. The number of aryl methyl sites for hydroxylation is 2. The second-order valence-electron chi connectivity index (χ2n) is 5.29. The molecule has 1 aromatic rings. The molecule has 0 aliphatic rings. The first-order valence-electron chi connectivity index (χ1n) is 6.16. The minimum absolute atomic E-state index is 0.680. The molecule has 16 heavy (non-hydrogen) atoms. The van der Waals surface area contributed by atoms with Crippen molar-refractivity contribution in [3.05, 3.63) is 29.3 Å². The van der Waals surface area contributed by atoms with Gasteiger partial charge in [0.15, 0.2) is 0 Å². The number of hydrogen-bond donors (Lipinski definition) is 0. The van der Waals surface area contributed by atoms with Crippen molar-refractivity contribution in [2.75, 3.05) is 0 Å². The number of benzene rings is 1. The standard InChI is InChI=1S/C8H10O.2C3H7.Al/c1-6-4-3-5-7(2)8(6)9;2*1-3-2;/h3-5,9H,1-2H3;2*3H,1-2H3;/q;;;+1/p-1. The molecule has 2 heteroatoms. The van der Waals surface area contributed by atoms with Crippen LogP contribution in [0.1, 0.15) is 38.8 Å². The number of hydrogen-bond acceptors (Lipinski definition) is 1. The van der Waals surface area contributed by atoms with Crippen LogP contribution in [0.5, 0.6) is 5.75 Å². The van der Waals surface area contributed by atoms with Gasteiger partial charge in [-0.25, -0.2) is 0 Å². The fourth-order valence-corrected chi connectivity index (χ4v) is 4.89. The van der Waals surface area contributed by atoms with Gasteiger partial charge in [0.2, 0.25) is 0 Å². The molecule has 1 nitrogen and oxygen atoms in total. The molecule has 0 fully saturated rings. The third kappa shape index (κ3) is 3.27. The summed E-state index contributed by atoms with van der Waals surface area (Å²) in [6.45, 7) is 13.4. The summed E-state index contributed by atoms with van der Waals surface area (Å²) < 4.78 is 7.70. The zero-order valence-electron chi connectivity index (χ0n) is 11.4. The highest BCUT2D eigenvalue weighted by atomic mass is 27.2. The second kappa shape index (κ2) is 5.75. The zero-order valence-corrected chi connectivity index (χ0v) is 12.5. The van der Waals surface area contributed by atoms with Crippen LogP contribution in [0, 0.1) is 13.8 Å². The van der Waals surface area contributed by atoms with Gasteiger partial charge in [0.25, 0.3) is 0 Å². The highest BCUT2D eigenvalue weighted by Gasteiger charge is 2.32. The quantitative estimate of drug-likeness (QED) is 0.697. The normalized spacial score (nSPS) is 11.0. The van der Waals surface area contributed by atoms with Crippen molar-refractivity contribution in [3.63, 3.8) is 0 Å². The Morgan fingerprint density at radius 1 is 0.938 bits per heavy atom. The van der Waals surface area contributed by atoms with Crippen LogP contribution in [-0.2, 0) is 0 Å². The molecule has 0 unspecified atom stereocenters. The monoisotopic (exact) mass is 234 g/mol. The number of para-hydroxylation sites is 1. The van der Waals surface area contributed by atoms with Crippen LogP contribution < -0.4 is 3.79 Å². The minimum Gasteiger partial charge on any atom is -0.642 e. The Hall–Kier alpha value is -0.448. The van der Waals surface area contributed by atoms with Crippen LogP contribution in [0.4, 0.5) is 0 Å². The van der Waals surface area contributed by atoms with E-state index in [9.17, 15) is 0 Å². The lowest BCUT2D eigenvalue weighted by Gasteiger charge is -2.23. The molecule has 1 rings (SSSR count). The molecule has 0 radical (unpaired) electrons. The molecule has 0 heterocycles. The van der Waals surface area contributed by atoms with Crippen LogP contribution in [0.2, 0.25) is 9.56 Å². The molecule has 0 amide bonds. The topological polar surface area (TPSA) is 9.23 Å². The van der Waals surface area contributed by atoms with E-state index in [1.54, 1.807) is 0 Å². The molecule has 0 aromatic heterocycles. The number of rotatable bonds is 4.